The highest BCUT2D eigenvalue weighted by Gasteiger charge is 2.41. The van der Waals surface area contributed by atoms with E-state index >= 15 is 0 Å². The summed E-state index contributed by atoms with van der Waals surface area (Å²) in [5.41, 5.74) is -0.889. The van der Waals surface area contributed by atoms with Crippen molar-refractivity contribution in [3.05, 3.63) is 0 Å². The Kier molecular flexibility index (Phi) is 4.79. The van der Waals surface area contributed by atoms with Crippen LogP contribution in [0, 0.1) is 5.41 Å². The van der Waals surface area contributed by atoms with E-state index in [0.29, 0.717) is 12.8 Å². The summed E-state index contributed by atoms with van der Waals surface area (Å²) >= 11 is 0. The molecule has 5 heteroatoms. The minimum absolute atomic E-state index is 0.109. The molecule has 1 aliphatic carbocycles. The van der Waals surface area contributed by atoms with Crippen molar-refractivity contribution in [2.45, 2.75) is 70.8 Å². The second-order valence-corrected chi connectivity index (χ2v) is 7.23. The van der Waals surface area contributed by atoms with E-state index in [9.17, 15) is 14.7 Å². The fraction of sp³-hybridized carbons (Fsp3) is 0.875. The van der Waals surface area contributed by atoms with Crippen LogP contribution in [-0.4, -0.2) is 40.6 Å². The number of urea groups is 1. The summed E-state index contributed by atoms with van der Waals surface area (Å²) in [5, 5.41) is 12.5. The Hall–Kier alpha value is -1.26. The molecule has 120 valence electrons. The molecular formula is C16H28N2O3. The number of hydrogen-bond acceptors (Lipinski definition) is 2. The molecule has 0 aromatic rings. The van der Waals surface area contributed by atoms with E-state index in [1.165, 1.54) is 0 Å². The van der Waals surface area contributed by atoms with Gasteiger partial charge in [-0.3, -0.25) is 4.79 Å². The van der Waals surface area contributed by atoms with Gasteiger partial charge in [0.2, 0.25) is 0 Å². The van der Waals surface area contributed by atoms with Gasteiger partial charge in [-0.25, -0.2) is 4.79 Å². The zero-order valence-corrected chi connectivity index (χ0v) is 13.3. The van der Waals surface area contributed by atoms with Crippen molar-refractivity contribution in [2.75, 3.05) is 13.1 Å². The van der Waals surface area contributed by atoms with E-state index in [1.54, 1.807) is 0 Å². The third-order valence-corrected chi connectivity index (χ3v) is 5.24. The number of carboxylic acids is 1. The number of carbonyl (C=O) groups excluding carboxylic acids is 1. The highest BCUT2D eigenvalue weighted by molar-refractivity contribution is 5.78. The largest absolute Gasteiger partial charge is 0.481 e. The maximum absolute atomic E-state index is 12.4. The average Bonchev–Trinajstić information content (AvgIpc) is 2.64. The van der Waals surface area contributed by atoms with E-state index in [2.05, 4.69) is 19.2 Å². The summed E-state index contributed by atoms with van der Waals surface area (Å²) in [5.74, 6) is -0.759. The quantitative estimate of drug-likeness (QED) is 0.787. The molecule has 2 aliphatic rings. The van der Waals surface area contributed by atoms with E-state index in [1.807, 2.05) is 4.90 Å². The number of carboxylic acid groups (broad SMARTS) is 1. The van der Waals surface area contributed by atoms with Crippen LogP contribution in [0.5, 0.6) is 0 Å². The summed E-state index contributed by atoms with van der Waals surface area (Å²) in [4.78, 5) is 25.9. The summed E-state index contributed by atoms with van der Waals surface area (Å²) in [6.45, 7) is 5.16. The van der Waals surface area contributed by atoms with Crippen LogP contribution < -0.4 is 5.32 Å². The van der Waals surface area contributed by atoms with E-state index in [-0.39, 0.29) is 18.1 Å². The van der Waals surface area contributed by atoms with E-state index in [0.717, 1.165) is 45.1 Å². The molecule has 0 spiro atoms. The van der Waals surface area contributed by atoms with Crippen LogP contribution >= 0.6 is 0 Å². The summed E-state index contributed by atoms with van der Waals surface area (Å²) < 4.78 is 0. The smallest absolute Gasteiger partial charge is 0.317 e. The van der Waals surface area contributed by atoms with Gasteiger partial charge in [-0.05, 0) is 39.5 Å². The third-order valence-electron chi connectivity index (χ3n) is 5.24. The highest BCUT2D eigenvalue weighted by atomic mass is 16.4. The number of rotatable bonds is 3. The van der Waals surface area contributed by atoms with E-state index in [4.69, 9.17) is 0 Å². The molecule has 0 aromatic carbocycles. The Balaban J connectivity index is 1.98. The monoisotopic (exact) mass is 296 g/mol. The number of carbonyl (C=O) groups is 2. The minimum atomic E-state index is -0.768. The fourth-order valence-corrected chi connectivity index (χ4v) is 3.70. The second-order valence-electron chi connectivity index (χ2n) is 7.23. The van der Waals surface area contributed by atoms with Gasteiger partial charge < -0.3 is 15.3 Å². The summed E-state index contributed by atoms with van der Waals surface area (Å²) in [6, 6.07) is -0.109. The van der Waals surface area contributed by atoms with Gasteiger partial charge >= 0.3 is 12.0 Å². The first-order valence-corrected chi connectivity index (χ1v) is 8.16. The van der Waals surface area contributed by atoms with E-state index < -0.39 is 11.4 Å². The Morgan fingerprint density at radius 3 is 2.14 bits per heavy atom. The topological polar surface area (TPSA) is 69.6 Å². The second kappa shape index (κ2) is 6.24. The number of nitrogens with zero attached hydrogens (tertiary/aromatic N) is 1. The van der Waals surface area contributed by atoms with Crippen molar-refractivity contribution in [1.82, 2.24) is 10.2 Å². The molecular weight excluding hydrogens is 268 g/mol. The molecule has 1 heterocycles. The Labute approximate surface area is 127 Å². The van der Waals surface area contributed by atoms with Crippen molar-refractivity contribution in [2.24, 2.45) is 5.41 Å². The number of likely N-dealkylation sites (tertiary alicyclic amines) is 1. The lowest BCUT2D eigenvalue weighted by molar-refractivity contribution is -0.149. The lowest BCUT2D eigenvalue weighted by atomic mass is 9.80. The van der Waals surface area contributed by atoms with Crippen LogP contribution in [0.2, 0.25) is 0 Å². The molecule has 2 fully saturated rings. The average molecular weight is 296 g/mol. The molecule has 0 unspecified atom stereocenters. The zero-order valence-electron chi connectivity index (χ0n) is 13.3. The van der Waals surface area contributed by atoms with Crippen LogP contribution in [0.1, 0.15) is 65.2 Å². The van der Waals surface area contributed by atoms with Crippen molar-refractivity contribution in [3.63, 3.8) is 0 Å². The Morgan fingerprint density at radius 1 is 1.05 bits per heavy atom. The molecule has 5 nitrogen and oxygen atoms in total. The first kappa shape index (κ1) is 16.1. The molecule has 1 saturated carbocycles. The van der Waals surface area contributed by atoms with Gasteiger partial charge in [0.15, 0.2) is 0 Å². The predicted octanol–water partition coefficient (Wildman–Crippen LogP) is 3.00. The van der Waals surface area contributed by atoms with Crippen molar-refractivity contribution >= 4 is 12.0 Å². The molecule has 0 radical (unpaired) electrons. The van der Waals surface area contributed by atoms with Crippen LogP contribution in [0.4, 0.5) is 4.79 Å². The standard InChI is InChI=1S/C16H28N2O3/c1-15(2)8-7-11-18(15)14(21)17-12-16(13(19)20)9-5-3-4-6-10-16/h3-12H2,1-2H3,(H,17,21)(H,19,20). The van der Waals surface area contributed by atoms with Gasteiger partial charge in [-0.2, -0.15) is 0 Å². The Morgan fingerprint density at radius 2 is 1.67 bits per heavy atom. The molecule has 2 amide bonds. The van der Waals surface area contributed by atoms with Crippen molar-refractivity contribution in [1.29, 1.82) is 0 Å². The third kappa shape index (κ3) is 3.50. The molecule has 0 bridgehead atoms. The van der Waals surface area contributed by atoms with Gasteiger partial charge in [0, 0.05) is 18.6 Å². The SMILES string of the molecule is CC1(C)CCCN1C(=O)NCC1(C(=O)O)CCCCCC1. The summed E-state index contributed by atoms with van der Waals surface area (Å²) in [6.07, 6.45) is 7.45. The molecule has 21 heavy (non-hydrogen) atoms. The maximum Gasteiger partial charge on any atom is 0.317 e. The molecule has 0 atom stereocenters. The molecule has 1 saturated heterocycles. The number of nitrogens with one attached hydrogen (secondary N) is 1. The normalized spacial score (nSPS) is 24.4. The van der Waals surface area contributed by atoms with Gasteiger partial charge in [-0.15, -0.1) is 0 Å². The summed E-state index contributed by atoms with van der Waals surface area (Å²) in [7, 11) is 0. The maximum atomic E-state index is 12.4. The molecule has 0 aromatic heterocycles. The van der Waals surface area contributed by atoms with Gasteiger partial charge in [0.05, 0.1) is 5.41 Å². The highest BCUT2D eigenvalue weighted by Crippen LogP contribution is 2.35. The predicted molar refractivity (Wildman–Crippen MR) is 81.2 cm³/mol. The molecule has 1 aliphatic heterocycles. The molecule has 2 N–H and O–H groups in total. The van der Waals surface area contributed by atoms with Crippen molar-refractivity contribution < 1.29 is 14.7 Å². The van der Waals surface area contributed by atoms with Gasteiger partial charge in [0.1, 0.15) is 0 Å². The first-order valence-electron chi connectivity index (χ1n) is 8.16. The van der Waals surface area contributed by atoms with Crippen LogP contribution in [-0.2, 0) is 4.79 Å². The van der Waals surface area contributed by atoms with Crippen LogP contribution in [0.15, 0.2) is 0 Å². The van der Waals surface area contributed by atoms with Crippen LogP contribution in [0.25, 0.3) is 0 Å². The van der Waals surface area contributed by atoms with Crippen molar-refractivity contribution in [3.8, 4) is 0 Å². The lowest BCUT2D eigenvalue weighted by Gasteiger charge is -2.34. The zero-order chi connectivity index (χ0) is 15.5. The number of hydrogen-bond donors (Lipinski definition) is 2. The first-order chi connectivity index (χ1) is 9.87. The lowest BCUT2D eigenvalue weighted by Crippen LogP contribution is -2.51. The number of aliphatic carboxylic acids is 1. The fourth-order valence-electron chi connectivity index (χ4n) is 3.70. The van der Waals surface area contributed by atoms with Crippen LogP contribution in [0.3, 0.4) is 0 Å². The Bertz CT molecular complexity index is 398. The van der Waals surface area contributed by atoms with Gasteiger partial charge in [0.25, 0.3) is 0 Å². The minimum Gasteiger partial charge on any atom is -0.481 e. The number of amides is 2. The molecule has 2 rings (SSSR count). The van der Waals surface area contributed by atoms with Gasteiger partial charge in [-0.1, -0.05) is 25.7 Å².